The van der Waals surface area contributed by atoms with Crippen molar-refractivity contribution in [3.63, 3.8) is 0 Å². The lowest BCUT2D eigenvalue weighted by Crippen LogP contribution is -2.47. The number of carbonyl (C=O) groups excluding carboxylic acids is 1. The fraction of sp³-hybridized carbons (Fsp3) is 0.429. The Kier molecular flexibility index (Phi) is 5.23. The maximum atomic E-state index is 14.0. The zero-order chi connectivity index (χ0) is 18.6. The first kappa shape index (κ1) is 17.8. The topological polar surface area (TPSA) is 48.5 Å². The van der Waals surface area contributed by atoms with Gasteiger partial charge in [0.15, 0.2) is 0 Å². The van der Waals surface area contributed by atoms with Crippen LogP contribution >= 0.6 is 0 Å². The number of nitrogens with one attached hydrogen (secondary N) is 1. The molecular formula is C21H25FN4O. The van der Waals surface area contributed by atoms with Gasteiger partial charge in [-0.15, -0.1) is 0 Å². The van der Waals surface area contributed by atoms with Crippen LogP contribution in [0.25, 0.3) is 0 Å². The maximum absolute atomic E-state index is 14.0. The number of hydrogen-bond acceptors (Lipinski definition) is 4. The molecule has 1 aliphatic heterocycles. The maximum Gasteiger partial charge on any atom is 0.253 e. The molecule has 1 saturated heterocycles. The largest absolute Gasteiger partial charge is 0.367 e. The average molecular weight is 368 g/mol. The van der Waals surface area contributed by atoms with E-state index in [1.165, 1.54) is 18.9 Å². The summed E-state index contributed by atoms with van der Waals surface area (Å²) in [6.45, 7) is 3.01. The van der Waals surface area contributed by atoms with Gasteiger partial charge < -0.3 is 15.1 Å². The molecule has 2 fully saturated rings. The molecule has 2 aliphatic rings. The molecule has 1 saturated carbocycles. The minimum atomic E-state index is -0.182. The van der Waals surface area contributed by atoms with Gasteiger partial charge in [-0.05, 0) is 31.0 Å². The predicted octanol–water partition coefficient (Wildman–Crippen LogP) is 3.22. The smallest absolute Gasteiger partial charge is 0.253 e. The van der Waals surface area contributed by atoms with E-state index in [9.17, 15) is 9.18 Å². The van der Waals surface area contributed by atoms with Gasteiger partial charge >= 0.3 is 0 Å². The Labute approximate surface area is 159 Å². The Morgan fingerprint density at radius 1 is 1.04 bits per heavy atom. The first-order valence-electron chi connectivity index (χ1n) is 9.71. The molecule has 1 aromatic heterocycles. The van der Waals surface area contributed by atoms with Crippen LogP contribution in [-0.2, 0) is 0 Å². The number of halogens is 1. The molecule has 0 atom stereocenters. The number of carbonyl (C=O) groups is 1. The monoisotopic (exact) mass is 368 g/mol. The van der Waals surface area contributed by atoms with Crippen molar-refractivity contribution >= 4 is 17.3 Å². The van der Waals surface area contributed by atoms with E-state index in [1.54, 1.807) is 18.5 Å². The summed E-state index contributed by atoms with van der Waals surface area (Å²) in [7, 11) is 0. The fourth-order valence-corrected chi connectivity index (χ4v) is 3.98. The molecule has 1 amide bonds. The van der Waals surface area contributed by atoms with E-state index in [2.05, 4.69) is 20.1 Å². The molecule has 142 valence electrons. The van der Waals surface area contributed by atoms with Crippen molar-refractivity contribution in [1.82, 2.24) is 10.3 Å². The average Bonchev–Trinajstić information content (AvgIpc) is 3.22. The highest BCUT2D eigenvalue weighted by Gasteiger charge is 2.22. The predicted molar refractivity (Wildman–Crippen MR) is 105 cm³/mol. The number of benzene rings is 1. The van der Waals surface area contributed by atoms with Crippen molar-refractivity contribution in [1.29, 1.82) is 0 Å². The molecule has 27 heavy (non-hydrogen) atoms. The second-order valence-corrected chi connectivity index (χ2v) is 7.31. The van der Waals surface area contributed by atoms with Crippen LogP contribution in [0.1, 0.15) is 36.0 Å². The summed E-state index contributed by atoms with van der Waals surface area (Å²) in [4.78, 5) is 21.0. The Hall–Kier alpha value is -2.63. The van der Waals surface area contributed by atoms with E-state index in [0.29, 0.717) is 17.3 Å². The van der Waals surface area contributed by atoms with Gasteiger partial charge in [0.25, 0.3) is 5.91 Å². The second kappa shape index (κ2) is 7.94. The standard InChI is InChI=1S/C21H25FN4O/c22-19-7-3-4-8-20(19)26-11-9-25(10-12-26)18-13-16(14-23-15-18)21(27)24-17-5-1-2-6-17/h3-4,7-8,13-15,17H,1-2,5-6,9-12H2,(H,24,27). The van der Waals surface area contributed by atoms with Gasteiger partial charge in [-0.2, -0.15) is 0 Å². The van der Waals surface area contributed by atoms with Gasteiger partial charge in [-0.25, -0.2) is 4.39 Å². The highest BCUT2D eigenvalue weighted by Crippen LogP contribution is 2.23. The van der Waals surface area contributed by atoms with Crippen LogP contribution in [0.3, 0.4) is 0 Å². The third-order valence-corrected chi connectivity index (χ3v) is 5.51. The van der Waals surface area contributed by atoms with Crippen molar-refractivity contribution in [2.24, 2.45) is 0 Å². The summed E-state index contributed by atoms with van der Waals surface area (Å²) in [6, 6.07) is 9.10. The number of amides is 1. The molecule has 1 aliphatic carbocycles. The summed E-state index contributed by atoms with van der Waals surface area (Å²) in [5, 5.41) is 3.11. The van der Waals surface area contributed by atoms with Crippen LogP contribution in [0, 0.1) is 5.82 Å². The van der Waals surface area contributed by atoms with Gasteiger partial charge in [0, 0.05) is 38.4 Å². The van der Waals surface area contributed by atoms with Crippen molar-refractivity contribution in [2.75, 3.05) is 36.0 Å². The molecule has 0 radical (unpaired) electrons. The van der Waals surface area contributed by atoms with Crippen LogP contribution in [0.5, 0.6) is 0 Å². The molecule has 0 bridgehead atoms. The number of anilines is 2. The van der Waals surface area contributed by atoms with E-state index in [1.807, 2.05) is 18.2 Å². The van der Waals surface area contributed by atoms with E-state index >= 15 is 0 Å². The van der Waals surface area contributed by atoms with Crippen molar-refractivity contribution in [2.45, 2.75) is 31.7 Å². The van der Waals surface area contributed by atoms with Crippen LogP contribution in [0.2, 0.25) is 0 Å². The molecule has 5 nitrogen and oxygen atoms in total. The second-order valence-electron chi connectivity index (χ2n) is 7.31. The molecule has 2 aromatic rings. The Balaban J connectivity index is 1.39. The lowest BCUT2D eigenvalue weighted by molar-refractivity contribution is 0.0937. The number of pyridine rings is 1. The fourth-order valence-electron chi connectivity index (χ4n) is 3.98. The lowest BCUT2D eigenvalue weighted by Gasteiger charge is -2.37. The number of aromatic nitrogens is 1. The summed E-state index contributed by atoms with van der Waals surface area (Å²) < 4.78 is 14.0. The minimum absolute atomic E-state index is 0.0405. The number of para-hydroxylation sites is 1. The van der Waals surface area contributed by atoms with Gasteiger partial charge in [-0.3, -0.25) is 9.78 Å². The Morgan fingerprint density at radius 2 is 1.74 bits per heavy atom. The van der Waals surface area contributed by atoms with Gasteiger partial charge in [0.2, 0.25) is 0 Å². The minimum Gasteiger partial charge on any atom is -0.367 e. The molecule has 0 spiro atoms. The molecule has 4 rings (SSSR count). The number of piperazine rings is 1. The highest BCUT2D eigenvalue weighted by atomic mass is 19.1. The summed E-state index contributed by atoms with van der Waals surface area (Å²) >= 11 is 0. The molecule has 2 heterocycles. The zero-order valence-corrected chi connectivity index (χ0v) is 15.4. The quantitative estimate of drug-likeness (QED) is 0.900. The summed E-state index contributed by atoms with van der Waals surface area (Å²) in [6.07, 6.45) is 7.94. The number of rotatable bonds is 4. The third-order valence-electron chi connectivity index (χ3n) is 5.51. The van der Waals surface area contributed by atoms with E-state index in [4.69, 9.17) is 0 Å². The molecule has 1 N–H and O–H groups in total. The van der Waals surface area contributed by atoms with E-state index < -0.39 is 0 Å². The molecule has 0 unspecified atom stereocenters. The third kappa shape index (κ3) is 4.04. The van der Waals surface area contributed by atoms with Crippen molar-refractivity contribution < 1.29 is 9.18 Å². The van der Waals surface area contributed by atoms with Crippen LogP contribution in [0.4, 0.5) is 15.8 Å². The normalized spacial score (nSPS) is 18.0. The summed E-state index contributed by atoms with van der Waals surface area (Å²) in [5.74, 6) is -0.223. The first-order valence-corrected chi connectivity index (χ1v) is 9.71. The van der Waals surface area contributed by atoms with Crippen LogP contribution < -0.4 is 15.1 Å². The Morgan fingerprint density at radius 3 is 2.48 bits per heavy atom. The zero-order valence-electron chi connectivity index (χ0n) is 15.4. The summed E-state index contributed by atoms with van der Waals surface area (Å²) in [5.41, 5.74) is 2.21. The van der Waals surface area contributed by atoms with Crippen molar-refractivity contribution in [3.8, 4) is 0 Å². The van der Waals surface area contributed by atoms with Crippen LogP contribution in [-0.4, -0.2) is 43.1 Å². The van der Waals surface area contributed by atoms with Gasteiger partial charge in [0.1, 0.15) is 5.82 Å². The first-order chi connectivity index (χ1) is 13.2. The number of hydrogen-bond donors (Lipinski definition) is 1. The van der Waals surface area contributed by atoms with Gasteiger partial charge in [-0.1, -0.05) is 25.0 Å². The molecule has 6 heteroatoms. The van der Waals surface area contributed by atoms with Crippen molar-refractivity contribution in [3.05, 3.63) is 54.1 Å². The van der Waals surface area contributed by atoms with Crippen LogP contribution in [0.15, 0.2) is 42.7 Å². The van der Waals surface area contributed by atoms with E-state index in [-0.39, 0.29) is 11.7 Å². The molecule has 1 aromatic carbocycles. The molecular weight excluding hydrogens is 343 g/mol. The van der Waals surface area contributed by atoms with Gasteiger partial charge in [0.05, 0.1) is 23.1 Å². The SMILES string of the molecule is O=C(NC1CCCC1)c1cncc(N2CCN(c3ccccc3F)CC2)c1. The van der Waals surface area contributed by atoms with E-state index in [0.717, 1.165) is 44.7 Å². The highest BCUT2D eigenvalue weighted by molar-refractivity contribution is 5.95. The number of nitrogens with zero attached hydrogens (tertiary/aromatic N) is 3. The Bertz CT molecular complexity index is 798. The lowest BCUT2D eigenvalue weighted by atomic mass is 10.2.